The molecule has 2 aliphatic heterocycles. The Hall–Kier alpha value is -4.73. The Labute approximate surface area is 245 Å². The van der Waals surface area contributed by atoms with Crippen molar-refractivity contribution in [1.29, 1.82) is 0 Å². The Morgan fingerprint density at radius 1 is 1.07 bits per heavy atom. The van der Waals surface area contributed by atoms with Gasteiger partial charge in [0, 0.05) is 67.3 Å². The summed E-state index contributed by atoms with van der Waals surface area (Å²) in [5, 5.41) is 8.07. The number of nitrogens with zero attached hydrogens (tertiary/aromatic N) is 3. The summed E-state index contributed by atoms with van der Waals surface area (Å²) in [4.78, 5) is 57.3. The van der Waals surface area contributed by atoms with E-state index in [4.69, 9.17) is 0 Å². The lowest BCUT2D eigenvalue weighted by molar-refractivity contribution is -0.136. The van der Waals surface area contributed by atoms with Crippen molar-refractivity contribution in [3.63, 3.8) is 0 Å². The molecule has 10 nitrogen and oxygen atoms in total. The summed E-state index contributed by atoms with van der Waals surface area (Å²) in [6.45, 7) is 8.84. The van der Waals surface area contributed by atoms with Crippen LogP contribution in [0.5, 0.6) is 0 Å². The summed E-state index contributed by atoms with van der Waals surface area (Å²) in [5.74, 6) is -0.967. The molecule has 1 aromatic heterocycles. The van der Waals surface area contributed by atoms with Gasteiger partial charge in [0.1, 0.15) is 6.04 Å². The fourth-order valence-electron chi connectivity index (χ4n) is 5.61. The van der Waals surface area contributed by atoms with E-state index >= 15 is 0 Å². The SMILES string of the molecule is CCN(CC(C)(C)c1ccc(NC(=O)NCc2ccc3c(c2)CN(C2CCC(=O)NC2=O)C3=O)cc1)c1ccncc1. The molecular weight excluding hydrogens is 532 g/mol. The van der Waals surface area contributed by atoms with Crippen molar-refractivity contribution < 1.29 is 19.2 Å². The molecule has 10 heteroatoms. The minimum atomic E-state index is -0.654. The summed E-state index contributed by atoms with van der Waals surface area (Å²) in [6.07, 6.45) is 4.14. The molecule has 0 saturated carbocycles. The van der Waals surface area contributed by atoms with Gasteiger partial charge in [-0.05, 0) is 60.4 Å². The van der Waals surface area contributed by atoms with Crippen LogP contribution in [0.3, 0.4) is 0 Å². The van der Waals surface area contributed by atoms with E-state index in [0.29, 0.717) is 24.2 Å². The lowest BCUT2D eigenvalue weighted by atomic mass is 9.84. The number of urea groups is 1. The molecule has 0 aliphatic carbocycles. The topological polar surface area (TPSA) is 124 Å². The molecule has 2 aliphatic rings. The first kappa shape index (κ1) is 28.8. The maximum Gasteiger partial charge on any atom is 0.319 e. The van der Waals surface area contributed by atoms with Crippen LogP contribution in [0.25, 0.3) is 0 Å². The number of carbonyl (C=O) groups is 4. The van der Waals surface area contributed by atoms with E-state index in [2.05, 4.69) is 46.6 Å². The number of anilines is 2. The minimum absolute atomic E-state index is 0.122. The molecule has 0 radical (unpaired) electrons. The number of rotatable bonds is 9. The largest absolute Gasteiger partial charge is 0.371 e. The molecule has 1 saturated heterocycles. The highest BCUT2D eigenvalue weighted by molar-refractivity contribution is 6.05. The second-order valence-electron chi connectivity index (χ2n) is 11.4. The van der Waals surface area contributed by atoms with Gasteiger partial charge >= 0.3 is 6.03 Å². The maximum atomic E-state index is 12.9. The Morgan fingerprint density at radius 3 is 2.50 bits per heavy atom. The number of fused-ring (bicyclic) bond motifs is 1. The van der Waals surface area contributed by atoms with Crippen molar-refractivity contribution in [2.45, 2.75) is 58.2 Å². The van der Waals surface area contributed by atoms with Crippen molar-refractivity contribution in [2.75, 3.05) is 23.3 Å². The first-order valence-electron chi connectivity index (χ1n) is 14.2. The van der Waals surface area contributed by atoms with Crippen LogP contribution in [-0.4, -0.2) is 52.8 Å². The number of benzene rings is 2. The predicted molar refractivity (Wildman–Crippen MR) is 160 cm³/mol. The lowest BCUT2D eigenvalue weighted by Crippen LogP contribution is -2.52. The number of likely N-dealkylation sites (N-methyl/N-ethyl adjacent to an activating group) is 1. The van der Waals surface area contributed by atoms with Crippen molar-refractivity contribution >= 4 is 35.1 Å². The second-order valence-corrected chi connectivity index (χ2v) is 11.4. The molecule has 0 spiro atoms. The van der Waals surface area contributed by atoms with Crippen LogP contribution < -0.4 is 20.9 Å². The van der Waals surface area contributed by atoms with Crippen molar-refractivity contribution in [3.05, 3.63) is 89.2 Å². The molecular formula is C32H36N6O4. The van der Waals surface area contributed by atoms with Crippen LogP contribution in [0, 0.1) is 0 Å². The van der Waals surface area contributed by atoms with Gasteiger partial charge in [0.05, 0.1) is 0 Å². The standard InChI is InChI=1S/C32H36N6O4/c1-4-37(25-13-15-33-16-14-25)20-32(2,3)23-6-8-24(9-7-23)35-31(42)34-18-21-5-10-26-22(17-21)19-38(30(26)41)27-11-12-28(39)36-29(27)40/h5-10,13-17,27H,4,11-12,18-20H2,1-3H3,(H2,34,35,42)(H,36,39,40). The predicted octanol–water partition coefficient (Wildman–Crippen LogP) is 3.97. The number of pyridine rings is 1. The smallest absolute Gasteiger partial charge is 0.319 e. The third kappa shape index (κ3) is 6.27. The molecule has 1 fully saturated rings. The molecule has 1 atom stereocenters. The van der Waals surface area contributed by atoms with Crippen LogP contribution in [0.1, 0.15) is 60.7 Å². The van der Waals surface area contributed by atoms with Crippen molar-refractivity contribution in [3.8, 4) is 0 Å². The molecule has 1 unspecified atom stereocenters. The monoisotopic (exact) mass is 568 g/mol. The Bertz CT molecular complexity index is 1490. The maximum absolute atomic E-state index is 12.9. The Morgan fingerprint density at radius 2 is 1.81 bits per heavy atom. The molecule has 42 heavy (non-hydrogen) atoms. The molecule has 0 bridgehead atoms. The third-order valence-electron chi connectivity index (χ3n) is 7.96. The van der Waals surface area contributed by atoms with E-state index in [-0.39, 0.29) is 36.2 Å². The van der Waals surface area contributed by atoms with E-state index in [9.17, 15) is 19.2 Å². The molecule has 3 aromatic rings. The van der Waals surface area contributed by atoms with E-state index in [1.165, 1.54) is 10.5 Å². The van der Waals surface area contributed by atoms with Gasteiger partial charge in [-0.3, -0.25) is 24.7 Å². The Kier molecular flexibility index (Phi) is 8.24. The normalized spacial score (nSPS) is 16.6. The summed E-state index contributed by atoms with van der Waals surface area (Å²) in [6, 6.07) is 16.4. The molecule has 5 amide bonds. The zero-order valence-corrected chi connectivity index (χ0v) is 24.1. The number of aromatic nitrogens is 1. The van der Waals surface area contributed by atoms with Gasteiger partial charge in [-0.2, -0.15) is 0 Å². The highest BCUT2D eigenvalue weighted by Crippen LogP contribution is 2.29. The summed E-state index contributed by atoms with van der Waals surface area (Å²) in [7, 11) is 0. The van der Waals surface area contributed by atoms with Gasteiger partial charge in [-0.25, -0.2) is 4.79 Å². The van der Waals surface area contributed by atoms with E-state index in [0.717, 1.165) is 29.9 Å². The van der Waals surface area contributed by atoms with Crippen LogP contribution in [0.15, 0.2) is 67.0 Å². The average Bonchev–Trinajstić information content (AvgIpc) is 3.30. The van der Waals surface area contributed by atoms with Crippen LogP contribution in [0.4, 0.5) is 16.2 Å². The number of imide groups is 1. The van der Waals surface area contributed by atoms with Gasteiger partial charge in [0.2, 0.25) is 11.8 Å². The summed E-state index contributed by atoms with van der Waals surface area (Å²) >= 11 is 0. The quantitative estimate of drug-likeness (QED) is 0.336. The summed E-state index contributed by atoms with van der Waals surface area (Å²) in [5.41, 5.74) is 5.05. The van der Waals surface area contributed by atoms with Gasteiger partial charge in [-0.15, -0.1) is 0 Å². The third-order valence-corrected chi connectivity index (χ3v) is 7.96. The highest BCUT2D eigenvalue weighted by Gasteiger charge is 2.39. The van der Waals surface area contributed by atoms with Crippen LogP contribution in [-0.2, 0) is 28.1 Å². The number of carbonyl (C=O) groups excluding carboxylic acids is 4. The van der Waals surface area contributed by atoms with Gasteiger partial charge in [0.25, 0.3) is 5.91 Å². The van der Waals surface area contributed by atoms with E-state index < -0.39 is 11.9 Å². The van der Waals surface area contributed by atoms with Crippen molar-refractivity contribution in [1.82, 2.24) is 20.5 Å². The average molecular weight is 569 g/mol. The van der Waals surface area contributed by atoms with Crippen LogP contribution in [0.2, 0.25) is 0 Å². The molecule has 218 valence electrons. The molecule has 3 heterocycles. The highest BCUT2D eigenvalue weighted by atomic mass is 16.2. The number of hydrogen-bond acceptors (Lipinski definition) is 6. The number of nitrogens with one attached hydrogen (secondary N) is 3. The Balaban J connectivity index is 1.15. The van der Waals surface area contributed by atoms with Crippen LogP contribution >= 0.6 is 0 Å². The fraction of sp³-hybridized carbons (Fsp3) is 0.344. The molecule has 2 aromatic carbocycles. The minimum Gasteiger partial charge on any atom is -0.371 e. The van der Waals surface area contributed by atoms with Gasteiger partial charge in [0.15, 0.2) is 0 Å². The zero-order chi connectivity index (χ0) is 29.9. The van der Waals surface area contributed by atoms with Gasteiger partial charge in [-0.1, -0.05) is 38.1 Å². The van der Waals surface area contributed by atoms with E-state index in [1.807, 2.05) is 42.5 Å². The second kappa shape index (κ2) is 12.0. The first-order chi connectivity index (χ1) is 20.1. The molecule has 5 rings (SSSR count). The number of piperidine rings is 1. The zero-order valence-electron chi connectivity index (χ0n) is 24.1. The lowest BCUT2D eigenvalue weighted by Gasteiger charge is -2.34. The fourth-order valence-corrected chi connectivity index (χ4v) is 5.61. The number of amides is 5. The van der Waals surface area contributed by atoms with E-state index in [1.54, 1.807) is 24.5 Å². The van der Waals surface area contributed by atoms with Crippen molar-refractivity contribution in [2.24, 2.45) is 0 Å². The number of hydrogen-bond donors (Lipinski definition) is 3. The van der Waals surface area contributed by atoms with Gasteiger partial charge < -0.3 is 20.4 Å². The molecule has 3 N–H and O–H groups in total. The summed E-state index contributed by atoms with van der Waals surface area (Å²) < 4.78 is 0. The first-order valence-corrected chi connectivity index (χ1v) is 14.2.